The Bertz CT molecular complexity index is 239. The Morgan fingerprint density at radius 2 is 1.56 bits per heavy atom. The van der Waals surface area contributed by atoms with E-state index in [9.17, 15) is 0 Å². The molecule has 5 fully saturated rings. The van der Waals surface area contributed by atoms with E-state index in [-0.39, 0.29) is 0 Å². The molecule has 0 saturated heterocycles. The zero-order valence-electron chi connectivity index (χ0n) is 10.3. The first-order valence-corrected chi connectivity index (χ1v) is 7.49. The molecule has 5 saturated carbocycles. The zero-order valence-corrected chi connectivity index (χ0v) is 10.3. The Kier molecular flexibility index (Phi) is 2.32. The van der Waals surface area contributed by atoms with Gasteiger partial charge >= 0.3 is 0 Å². The SMILES string of the molecule is C1CCC(NC2[C]3CC4CC(C3)CC2C4)C1. The molecule has 0 amide bonds. The maximum atomic E-state index is 4.02. The van der Waals surface area contributed by atoms with Crippen molar-refractivity contribution in [3.05, 3.63) is 5.92 Å². The molecule has 1 N–H and O–H groups in total. The summed E-state index contributed by atoms with van der Waals surface area (Å²) in [5.74, 6) is 5.14. The highest BCUT2D eigenvalue weighted by Crippen LogP contribution is 2.54. The van der Waals surface area contributed by atoms with Gasteiger partial charge in [0.2, 0.25) is 0 Å². The minimum absolute atomic E-state index is 0.843. The summed E-state index contributed by atoms with van der Waals surface area (Å²) in [5.41, 5.74) is 0. The minimum atomic E-state index is 0.843. The zero-order chi connectivity index (χ0) is 10.5. The first-order valence-electron chi connectivity index (χ1n) is 7.49. The van der Waals surface area contributed by atoms with Gasteiger partial charge < -0.3 is 5.32 Å². The van der Waals surface area contributed by atoms with Crippen LogP contribution in [-0.4, -0.2) is 12.1 Å². The summed E-state index contributed by atoms with van der Waals surface area (Å²) in [6.07, 6.45) is 13.5. The smallest absolute Gasteiger partial charge is 0.0161 e. The third kappa shape index (κ3) is 1.54. The van der Waals surface area contributed by atoms with Gasteiger partial charge in [-0.15, -0.1) is 0 Å². The number of nitrogens with one attached hydrogen (secondary N) is 1. The van der Waals surface area contributed by atoms with Crippen LogP contribution in [0, 0.1) is 23.7 Å². The molecule has 5 aliphatic carbocycles. The van der Waals surface area contributed by atoms with Crippen molar-refractivity contribution in [1.29, 1.82) is 0 Å². The summed E-state index contributed by atoms with van der Waals surface area (Å²) >= 11 is 0. The van der Waals surface area contributed by atoms with E-state index in [0.29, 0.717) is 0 Å². The van der Waals surface area contributed by atoms with Crippen LogP contribution in [0.1, 0.15) is 57.8 Å². The first kappa shape index (κ1) is 9.94. The number of hydrogen-bond donors (Lipinski definition) is 1. The predicted octanol–water partition coefficient (Wildman–Crippen LogP) is 3.30. The molecular formula is C15H24N. The van der Waals surface area contributed by atoms with Gasteiger partial charge in [0.1, 0.15) is 0 Å². The van der Waals surface area contributed by atoms with Gasteiger partial charge in [-0.1, -0.05) is 12.8 Å². The van der Waals surface area contributed by atoms with E-state index in [4.69, 9.17) is 0 Å². The molecular weight excluding hydrogens is 194 g/mol. The van der Waals surface area contributed by atoms with Gasteiger partial charge in [-0.2, -0.15) is 0 Å². The van der Waals surface area contributed by atoms with Crippen LogP contribution in [0.4, 0.5) is 0 Å². The molecule has 89 valence electrons. The summed E-state index contributed by atoms with van der Waals surface area (Å²) in [5, 5.41) is 4.02. The van der Waals surface area contributed by atoms with E-state index in [1.807, 2.05) is 5.92 Å². The maximum Gasteiger partial charge on any atom is 0.0161 e. The van der Waals surface area contributed by atoms with Crippen molar-refractivity contribution in [3.8, 4) is 0 Å². The third-order valence-electron chi connectivity index (χ3n) is 5.72. The van der Waals surface area contributed by atoms with Crippen molar-refractivity contribution in [1.82, 2.24) is 5.32 Å². The van der Waals surface area contributed by atoms with E-state index >= 15 is 0 Å². The van der Waals surface area contributed by atoms with Crippen molar-refractivity contribution in [2.75, 3.05) is 0 Å². The molecule has 0 spiro atoms. The first-order chi connectivity index (χ1) is 7.88. The molecule has 0 heterocycles. The molecule has 1 heteroatoms. The predicted molar refractivity (Wildman–Crippen MR) is 66.0 cm³/mol. The van der Waals surface area contributed by atoms with E-state index < -0.39 is 0 Å². The average molecular weight is 218 g/mol. The Labute approximate surface area is 99.4 Å². The topological polar surface area (TPSA) is 12.0 Å². The van der Waals surface area contributed by atoms with Gasteiger partial charge in [-0.3, -0.25) is 0 Å². The van der Waals surface area contributed by atoms with Crippen LogP contribution in [0.5, 0.6) is 0 Å². The molecule has 0 aromatic rings. The van der Waals surface area contributed by atoms with E-state index in [1.54, 1.807) is 19.3 Å². The number of rotatable bonds is 2. The van der Waals surface area contributed by atoms with E-state index in [0.717, 1.165) is 29.8 Å². The van der Waals surface area contributed by atoms with Gasteiger partial charge in [0.25, 0.3) is 0 Å². The monoisotopic (exact) mass is 218 g/mol. The normalized spacial score (nSPS) is 48.0. The molecule has 4 bridgehead atoms. The van der Waals surface area contributed by atoms with Crippen LogP contribution in [0.2, 0.25) is 0 Å². The summed E-state index contributed by atoms with van der Waals surface area (Å²) in [4.78, 5) is 0. The van der Waals surface area contributed by atoms with Gasteiger partial charge in [0.15, 0.2) is 0 Å². The largest absolute Gasteiger partial charge is 0.310 e. The Morgan fingerprint density at radius 3 is 2.19 bits per heavy atom. The highest BCUT2D eigenvalue weighted by molar-refractivity contribution is 5.17. The fourth-order valence-corrected chi connectivity index (χ4v) is 5.23. The van der Waals surface area contributed by atoms with E-state index in [2.05, 4.69) is 5.32 Å². The molecule has 1 radical (unpaired) electrons. The van der Waals surface area contributed by atoms with Crippen molar-refractivity contribution >= 4 is 0 Å². The Hall–Kier alpha value is -0.0400. The summed E-state index contributed by atoms with van der Waals surface area (Å²) in [6.45, 7) is 0. The molecule has 16 heavy (non-hydrogen) atoms. The van der Waals surface area contributed by atoms with Crippen molar-refractivity contribution in [2.45, 2.75) is 69.9 Å². The summed E-state index contributed by atoms with van der Waals surface area (Å²) in [7, 11) is 0. The lowest BCUT2D eigenvalue weighted by atomic mass is 9.54. The second-order valence-electron chi connectivity index (χ2n) is 6.89. The van der Waals surface area contributed by atoms with Crippen LogP contribution in [-0.2, 0) is 0 Å². The van der Waals surface area contributed by atoms with Crippen LogP contribution in [0.3, 0.4) is 0 Å². The fourth-order valence-electron chi connectivity index (χ4n) is 5.23. The van der Waals surface area contributed by atoms with Crippen LogP contribution in [0.25, 0.3) is 0 Å². The van der Waals surface area contributed by atoms with Crippen LogP contribution < -0.4 is 5.32 Å². The molecule has 1 nitrogen and oxygen atoms in total. The quantitative estimate of drug-likeness (QED) is 0.750. The number of hydrogen-bond acceptors (Lipinski definition) is 1. The van der Waals surface area contributed by atoms with Crippen molar-refractivity contribution < 1.29 is 0 Å². The second kappa shape index (κ2) is 3.73. The molecule has 0 aliphatic heterocycles. The van der Waals surface area contributed by atoms with Gasteiger partial charge in [0.05, 0.1) is 0 Å². The third-order valence-corrected chi connectivity index (χ3v) is 5.72. The van der Waals surface area contributed by atoms with E-state index in [1.165, 1.54) is 38.5 Å². The second-order valence-corrected chi connectivity index (χ2v) is 6.89. The molecule has 5 rings (SSSR count). The lowest BCUT2D eigenvalue weighted by molar-refractivity contribution is 0.0565. The van der Waals surface area contributed by atoms with Gasteiger partial charge in [0, 0.05) is 12.1 Å². The van der Waals surface area contributed by atoms with Crippen LogP contribution in [0.15, 0.2) is 0 Å². The molecule has 0 aromatic heterocycles. The Morgan fingerprint density at radius 1 is 0.875 bits per heavy atom. The van der Waals surface area contributed by atoms with Crippen molar-refractivity contribution in [3.63, 3.8) is 0 Å². The average Bonchev–Trinajstić information content (AvgIpc) is 2.75. The summed E-state index contributed by atoms with van der Waals surface area (Å²) < 4.78 is 0. The van der Waals surface area contributed by atoms with Gasteiger partial charge in [-0.05, 0) is 68.6 Å². The van der Waals surface area contributed by atoms with Crippen molar-refractivity contribution in [2.24, 2.45) is 17.8 Å². The summed E-state index contributed by atoms with van der Waals surface area (Å²) in [6, 6.07) is 1.71. The Balaban J connectivity index is 1.47. The lowest BCUT2D eigenvalue weighted by Crippen LogP contribution is -2.55. The van der Waals surface area contributed by atoms with Crippen LogP contribution >= 0.6 is 0 Å². The molecule has 3 atom stereocenters. The highest BCUT2D eigenvalue weighted by atomic mass is 15.0. The molecule has 5 aliphatic rings. The minimum Gasteiger partial charge on any atom is -0.310 e. The standard InChI is InChI=1S/C15H24N/c1-2-4-14(3-1)16-15-12-6-10-5-11(8-12)9-13(15)7-10/h10-12,14-16H,1-9H2. The van der Waals surface area contributed by atoms with Gasteiger partial charge in [-0.25, -0.2) is 0 Å². The molecule has 3 unspecified atom stereocenters. The fraction of sp³-hybridized carbons (Fsp3) is 0.933. The lowest BCUT2D eigenvalue weighted by Gasteiger charge is -2.54. The molecule has 0 aromatic carbocycles. The highest BCUT2D eigenvalue weighted by Gasteiger charge is 2.48. The maximum absolute atomic E-state index is 4.02.